The Morgan fingerprint density at radius 1 is 1.24 bits per heavy atom. The minimum absolute atomic E-state index is 0.0357. The Labute approximate surface area is 233 Å². The SMILES string of the molecule is CC[C@@]1(O)C(=O)OCc2c1cc1n(c2=O)Cc2c-1nc1cc(F)c(C)c3c1c2[C@@H](NCc1cn(CCO)nn1)CC3. The molecule has 0 saturated heterocycles. The van der Waals surface area contributed by atoms with Crippen molar-refractivity contribution >= 4 is 16.9 Å². The molecule has 1 aromatic carbocycles. The lowest BCUT2D eigenvalue weighted by Crippen LogP contribution is -2.44. The van der Waals surface area contributed by atoms with Crippen LogP contribution in [0.1, 0.15) is 64.9 Å². The molecule has 0 saturated carbocycles. The van der Waals surface area contributed by atoms with E-state index < -0.39 is 11.6 Å². The molecule has 11 nitrogen and oxygen atoms in total. The van der Waals surface area contributed by atoms with Gasteiger partial charge in [0.2, 0.25) is 0 Å². The fraction of sp³-hybridized carbons (Fsp3) is 0.414. The van der Waals surface area contributed by atoms with Crippen molar-refractivity contribution in [2.45, 2.75) is 71.0 Å². The van der Waals surface area contributed by atoms with Gasteiger partial charge in [-0.05, 0) is 48.9 Å². The van der Waals surface area contributed by atoms with Crippen LogP contribution in [-0.2, 0) is 47.8 Å². The number of rotatable bonds is 6. The maximum absolute atomic E-state index is 15.1. The number of hydrogen-bond donors (Lipinski definition) is 3. The van der Waals surface area contributed by atoms with Crippen LogP contribution >= 0.6 is 0 Å². The number of pyridine rings is 2. The number of ether oxygens (including phenoxy) is 1. The molecule has 3 aromatic heterocycles. The first-order chi connectivity index (χ1) is 19.7. The first kappa shape index (κ1) is 25.9. The Balaban J connectivity index is 1.40. The number of benzene rings is 1. The highest BCUT2D eigenvalue weighted by atomic mass is 19.1. The third-order valence-corrected chi connectivity index (χ3v) is 8.82. The van der Waals surface area contributed by atoms with Crippen LogP contribution in [0.5, 0.6) is 0 Å². The molecule has 0 bridgehead atoms. The zero-order valence-corrected chi connectivity index (χ0v) is 22.7. The van der Waals surface area contributed by atoms with Gasteiger partial charge in [0.05, 0.1) is 47.9 Å². The van der Waals surface area contributed by atoms with Gasteiger partial charge in [-0.1, -0.05) is 12.1 Å². The smallest absolute Gasteiger partial charge is 0.343 e. The van der Waals surface area contributed by atoms with E-state index in [-0.39, 0.29) is 54.7 Å². The average Bonchev–Trinajstić information content (AvgIpc) is 3.57. The molecule has 7 rings (SSSR count). The van der Waals surface area contributed by atoms with Crippen molar-refractivity contribution in [3.05, 3.63) is 73.6 Å². The number of hydrogen-bond acceptors (Lipinski definition) is 9. The van der Waals surface area contributed by atoms with Crippen LogP contribution < -0.4 is 10.9 Å². The van der Waals surface area contributed by atoms with Crippen LogP contribution in [0, 0.1) is 12.7 Å². The molecule has 0 fully saturated rings. The highest BCUT2D eigenvalue weighted by Gasteiger charge is 2.46. The second-order valence-electron chi connectivity index (χ2n) is 11.0. The summed E-state index contributed by atoms with van der Waals surface area (Å²) in [5.74, 6) is -1.11. The number of nitrogens with zero attached hydrogens (tertiary/aromatic N) is 5. The summed E-state index contributed by atoms with van der Waals surface area (Å²) in [4.78, 5) is 31.2. The van der Waals surface area contributed by atoms with Gasteiger partial charge in [-0.3, -0.25) is 4.79 Å². The van der Waals surface area contributed by atoms with Crippen LogP contribution in [0.3, 0.4) is 0 Å². The Kier molecular flexibility index (Phi) is 5.86. The molecule has 2 atom stereocenters. The minimum Gasteiger partial charge on any atom is -0.458 e. The molecule has 0 radical (unpaired) electrons. The lowest BCUT2D eigenvalue weighted by atomic mass is 9.81. The quantitative estimate of drug-likeness (QED) is 0.265. The third-order valence-electron chi connectivity index (χ3n) is 8.82. The Hall–Kier alpha value is -4.00. The van der Waals surface area contributed by atoms with Gasteiger partial charge >= 0.3 is 5.97 Å². The van der Waals surface area contributed by atoms with Gasteiger partial charge in [0.15, 0.2) is 5.60 Å². The topological polar surface area (TPSA) is 144 Å². The van der Waals surface area contributed by atoms with E-state index in [1.807, 2.05) is 0 Å². The van der Waals surface area contributed by atoms with E-state index in [0.29, 0.717) is 48.4 Å². The predicted molar refractivity (Wildman–Crippen MR) is 144 cm³/mol. The lowest BCUT2D eigenvalue weighted by Gasteiger charge is -2.31. The number of aliphatic hydroxyl groups excluding tert-OH is 1. The van der Waals surface area contributed by atoms with E-state index in [1.165, 1.54) is 6.07 Å². The molecule has 3 aliphatic rings. The van der Waals surface area contributed by atoms with Crippen LogP contribution in [0.15, 0.2) is 23.1 Å². The molecule has 2 aliphatic heterocycles. The molecule has 0 unspecified atom stereocenters. The molecule has 12 heteroatoms. The number of aliphatic hydroxyl groups is 2. The van der Waals surface area contributed by atoms with E-state index >= 15 is 4.39 Å². The normalized spacial score (nSPS) is 20.6. The number of halogens is 1. The van der Waals surface area contributed by atoms with Crippen molar-refractivity contribution in [2.24, 2.45) is 0 Å². The number of cyclic esters (lactones) is 1. The fourth-order valence-corrected chi connectivity index (χ4v) is 6.62. The molecular weight excluding hydrogens is 531 g/mol. The van der Waals surface area contributed by atoms with Crippen LogP contribution in [0.4, 0.5) is 4.39 Å². The van der Waals surface area contributed by atoms with Gasteiger partial charge in [0.1, 0.15) is 12.4 Å². The van der Waals surface area contributed by atoms with Crippen molar-refractivity contribution in [3.8, 4) is 11.4 Å². The lowest BCUT2D eigenvalue weighted by molar-refractivity contribution is -0.172. The van der Waals surface area contributed by atoms with E-state index in [4.69, 9.17) is 9.72 Å². The Morgan fingerprint density at radius 2 is 2.07 bits per heavy atom. The van der Waals surface area contributed by atoms with Gasteiger partial charge in [0, 0.05) is 41.4 Å². The van der Waals surface area contributed by atoms with E-state index in [9.17, 15) is 19.8 Å². The largest absolute Gasteiger partial charge is 0.458 e. The van der Waals surface area contributed by atoms with Crippen molar-refractivity contribution in [1.29, 1.82) is 0 Å². The summed E-state index contributed by atoms with van der Waals surface area (Å²) in [6.45, 7) is 4.24. The summed E-state index contributed by atoms with van der Waals surface area (Å²) >= 11 is 0. The summed E-state index contributed by atoms with van der Waals surface area (Å²) in [6, 6.07) is 2.99. The molecule has 1 aliphatic carbocycles. The zero-order chi connectivity index (χ0) is 28.6. The van der Waals surface area contributed by atoms with E-state index in [0.717, 1.165) is 27.8 Å². The maximum Gasteiger partial charge on any atom is 0.343 e. The summed E-state index contributed by atoms with van der Waals surface area (Å²) in [7, 11) is 0. The fourth-order valence-electron chi connectivity index (χ4n) is 6.62. The second-order valence-corrected chi connectivity index (χ2v) is 11.0. The average molecular weight is 561 g/mol. The molecule has 0 amide bonds. The molecule has 4 aromatic rings. The van der Waals surface area contributed by atoms with Crippen molar-refractivity contribution in [3.63, 3.8) is 0 Å². The van der Waals surface area contributed by atoms with Gasteiger partial charge in [0.25, 0.3) is 5.56 Å². The molecular formula is C29H29FN6O5. The molecule has 41 heavy (non-hydrogen) atoms. The second kappa shape index (κ2) is 9.26. The first-order valence-electron chi connectivity index (χ1n) is 13.8. The maximum atomic E-state index is 15.1. The summed E-state index contributed by atoms with van der Waals surface area (Å²) in [5.41, 5.74) is 3.83. The van der Waals surface area contributed by atoms with E-state index in [2.05, 4.69) is 15.6 Å². The van der Waals surface area contributed by atoms with Crippen LogP contribution in [-0.4, -0.2) is 47.3 Å². The zero-order valence-electron chi connectivity index (χ0n) is 22.7. The first-order valence-corrected chi connectivity index (χ1v) is 13.8. The Bertz CT molecular complexity index is 1830. The summed E-state index contributed by atoms with van der Waals surface area (Å²) in [5, 5.41) is 33.1. The van der Waals surface area contributed by atoms with Crippen LogP contribution in [0.2, 0.25) is 0 Å². The number of carbonyl (C=O) groups excluding carboxylic acids is 1. The number of aromatic nitrogens is 5. The number of esters is 1. The molecule has 5 heterocycles. The minimum atomic E-state index is -1.93. The summed E-state index contributed by atoms with van der Waals surface area (Å²) < 4.78 is 23.5. The third kappa shape index (κ3) is 3.70. The molecule has 0 spiro atoms. The number of aryl methyl sites for hydroxylation is 1. The number of nitrogens with one attached hydrogen (secondary N) is 1. The van der Waals surface area contributed by atoms with Gasteiger partial charge in [-0.15, -0.1) is 5.10 Å². The molecule has 212 valence electrons. The van der Waals surface area contributed by atoms with Crippen molar-refractivity contribution in [2.75, 3.05) is 6.61 Å². The highest BCUT2D eigenvalue weighted by molar-refractivity contribution is 5.93. The predicted octanol–water partition coefficient (Wildman–Crippen LogP) is 1.89. The van der Waals surface area contributed by atoms with Crippen molar-refractivity contribution < 1.29 is 24.1 Å². The van der Waals surface area contributed by atoms with Gasteiger partial charge < -0.3 is 24.8 Å². The summed E-state index contributed by atoms with van der Waals surface area (Å²) in [6.07, 6.45) is 3.19. The van der Waals surface area contributed by atoms with Gasteiger partial charge in [-0.25, -0.2) is 18.9 Å². The standard InChI is InChI=1S/C29H29FN6O5/c1-3-29(40)19-8-23-26-17(12-36(23)27(38)18(19)13-41-28(29)39)25-21(31-10-15-11-35(6-7-37)34-33-15)5-4-16-14(2)20(30)9-22(32-26)24(16)25/h8-9,11,21,31,37,40H,3-7,10,12-13H2,1-2H3/t21-,29-/m0/s1. The van der Waals surface area contributed by atoms with Crippen molar-refractivity contribution in [1.82, 2.24) is 29.9 Å². The molecule has 3 N–H and O–H groups in total. The van der Waals surface area contributed by atoms with Crippen LogP contribution in [0.25, 0.3) is 22.3 Å². The monoisotopic (exact) mass is 560 g/mol. The number of fused-ring (bicyclic) bond motifs is 5. The van der Waals surface area contributed by atoms with Gasteiger partial charge in [-0.2, -0.15) is 0 Å². The van der Waals surface area contributed by atoms with E-state index in [1.54, 1.807) is 35.4 Å². The highest BCUT2D eigenvalue weighted by Crippen LogP contribution is 2.46. The Morgan fingerprint density at radius 3 is 2.85 bits per heavy atom. The number of carbonyl (C=O) groups is 1.